The Morgan fingerprint density at radius 3 is 2.45 bits per heavy atom. The molecule has 3 fully saturated rings. The number of carbonyl (C=O) groups excluding carboxylic acids is 3. The van der Waals surface area contributed by atoms with Crippen LogP contribution >= 0.6 is 0 Å². The van der Waals surface area contributed by atoms with Crippen LogP contribution in [0.1, 0.15) is 86.0 Å². The van der Waals surface area contributed by atoms with Gasteiger partial charge in [-0.3, -0.25) is 9.59 Å². The van der Waals surface area contributed by atoms with Crippen LogP contribution in [-0.4, -0.2) is 36.5 Å². The molecule has 4 aliphatic rings. The lowest BCUT2D eigenvalue weighted by Gasteiger charge is -2.58. The Hall–Kier alpha value is -1.85. The molecule has 0 aliphatic heterocycles. The normalized spacial score (nSPS) is 37.8. The number of carbonyl (C=O) groups is 3. The van der Waals surface area contributed by atoms with Gasteiger partial charge in [-0.25, -0.2) is 4.79 Å². The predicted molar refractivity (Wildman–Crippen MR) is 127 cm³/mol. The second-order valence-electron chi connectivity index (χ2n) is 12.4. The SMILES string of the molecule is CC(C)(C)OC(=O)NCCNC(=O)C1CCC2C3CCC4=CC(=O)CCC4(C)C3CCC12C. The van der Waals surface area contributed by atoms with Crippen LogP contribution in [-0.2, 0) is 14.3 Å². The Bertz CT molecular complexity index is 844. The summed E-state index contributed by atoms with van der Waals surface area (Å²) >= 11 is 0. The van der Waals surface area contributed by atoms with E-state index in [0.717, 1.165) is 44.9 Å². The van der Waals surface area contributed by atoms with Crippen LogP contribution in [0.2, 0.25) is 0 Å². The van der Waals surface area contributed by atoms with E-state index in [0.29, 0.717) is 43.0 Å². The molecule has 184 valence electrons. The van der Waals surface area contributed by atoms with Gasteiger partial charge in [-0.05, 0) is 100 Å². The largest absolute Gasteiger partial charge is 0.444 e. The molecule has 33 heavy (non-hydrogen) atoms. The third-order valence-corrected chi connectivity index (χ3v) is 9.37. The first-order chi connectivity index (χ1) is 15.4. The van der Waals surface area contributed by atoms with Crippen molar-refractivity contribution in [1.82, 2.24) is 10.6 Å². The summed E-state index contributed by atoms with van der Waals surface area (Å²) in [5, 5.41) is 5.79. The Labute approximate surface area is 198 Å². The average Bonchev–Trinajstić information content (AvgIpc) is 3.07. The van der Waals surface area contributed by atoms with Crippen LogP contribution in [0.25, 0.3) is 0 Å². The van der Waals surface area contributed by atoms with E-state index in [1.54, 1.807) is 0 Å². The number of hydrogen-bond donors (Lipinski definition) is 2. The van der Waals surface area contributed by atoms with Crippen molar-refractivity contribution in [3.8, 4) is 0 Å². The van der Waals surface area contributed by atoms with Gasteiger partial charge in [0, 0.05) is 25.4 Å². The molecule has 2 N–H and O–H groups in total. The summed E-state index contributed by atoms with van der Waals surface area (Å²) in [5.74, 6) is 2.37. The van der Waals surface area contributed by atoms with Crippen molar-refractivity contribution in [1.29, 1.82) is 0 Å². The first-order valence-electron chi connectivity index (χ1n) is 12.9. The topological polar surface area (TPSA) is 84.5 Å². The molecule has 6 atom stereocenters. The minimum absolute atomic E-state index is 0.0441. The highest BCUT2D eigenvalue weighted by molar-refractivity contribution is 5.91. The van der Waals surface area contributed by atoms with E-state index >= 15 is 0 Å². The van der Waals surface area contributed by atoms with E-state index in [2.05, 4.69) is 24.5 Å². The molecule has 0 heterocycles. The van der Waals surface area contributed by atoms with Gasteiger partial charge in [-0.15, -0.1) is 0 Å². The maximum Gasteiger partial charge on any atom is 0.407 e. The molecule has 6 nitrogen and oxygen atoms in total. The standard InChI is InChI=1S/C27H42N2O4/c1-25(2,3)33-24(32)29-15-14-28-23(31)22-9-8-20-19-7-6-17-16-18(30)10-12-26(17,4)21(19)11-13-27(20,22)5/h16,19-22H,6-15H2,1-5H3,(H,28,31)(H,29,32). The number of alkyl carbamates (subject to hydrolysis) is 1. The van der Waals surface area contributed by atoms with Crippen molar-refractivity contribution in [3.63, 3.8) is 0 Å². The maximum atomic E-state index is 13.2. The van der Waals surface area contributed by atoms with Gasteiger partial charge in [0.1, 0.15) is 5.60 Å². The van der Waals surface area contributed by atoms with Crippen LogP contribution in [0.15, 0.2) is 11.6 Å². The molecule has 4 aliphatic carbocycles. The van der Waals surface area contributed by atoms with Crippen LogP contribution in [0.3, 0.4) is 0 Å². The van der Waals surface area contributed by atoms with Gasteiger partial charge in [0.05, 0.1) is 0 Å². The monoisotopic (exact) mass is 458 g/mol. The third kappa shape index (κ3) is 4.59. The van der Waals surface area contributed by atoms with Gasteiger partial charge < -0.3 is 15.4 Å². The molecule has 0 radical (unpaired) electrons. The Morgan fingerprint density at radius 2 is 1.73 bits per heavy atom. The lowest BCUT2D eigenvalue weighted by molar-refractivity contribution is -0.132. The minimum atomic E-state index is -0.528. The predicted octanol–water partition coefficient (Wildman–Crippen LogP) is 4.78. The van der Waals surface area contributed by atoms with E-state index in [-0.39, 0.29) is 22.7 Å². The van der Waals surface area contributed by atoms with Gasteiger partial charge in [-0.2, -0.15) is 0 Å². The lowest BCUT2D eigenvalue weighted by Crippen LogP contribution is -2.52. The quantitative estimate of drug-likeness (QED) is 0.594. The summed E-state index contributed by atoms with van der Waals surface area (Å²) in [6.45, 7) is 11.0. The highest BCUT2D eigenvalue weighted by atomic mass is 16.6. The number of ether oxygens (including phenoxy) is 1. The third-order valence-electron chi connectivity index (χ3n) is 9.37. The fourth-order valence-electron chi connectivity index (χ4n) is 7.78. The van der Waals surface area contributed by atoms with Crippen molar-refractivity contribution < 1.29 is 19.1 Å². The number of amides is 2. The molecule has 2 amide bonds. The van der Waals surface area contributed by atoms with Crippen LogP contribution in [0.4, 0.5) is 4.79 Å². The molecule has 0 bridgehead atoms. The molecule has 6 heteroatoms. The molecular weight excluding hydrogens is 416 g/mol. The van der Waals surface area contributed by atoms with E-state index in [4.69, 9.17) is 4.74 Å². The Balaban J connectivity index is 1.35. The van der Waals surface area contributed by atoms with Gasteiger partial charge >= 0.3 is 6.09 Å². The van der Waals surface area contributed by atoms with Gasteiger partial charge in [-0.1, -0.05) is 19.4 Å². The second kappa shape index (κ2) is 8.74. The zero-order valence-electron chi connectivity index (χ0n) is 21.1. The van der Waals surface area contributed by atoms with Crippen molar-refractivity contribution in [3.05, 3.63) is 11.6 Å². The van der Waals surface area contributed by atoms with E-state index < -0.39 is 11.7 Å². The Morgan fingerprint density at radius 1 is 1.00 bits per heavy atom. The van der Waals surface area contributed by atoms with Crippen LogP contribution < -0.4 is 10.6 Å². The summed E-state index contributed by atoms with van der Waals surface area (Å²) in [7, 11) is 0. The van der Waals surface area contributed by atoms with Gasteiger partial charge in [0.15, 0.2) is 5.78 Å². The summed E-state index contributed by atoms with van der Waals surface area (Å²) in [6, 6.07) is 0. The van der Waals surface area contributed by atoms with Crippen LogP contribution in [0.5, 0.6) is 0 Å². The molecular formula is C27H42N2O4. The fraction of sp³-hybridized carbons (Fsp3) is 0.815. The van der Waals surface area contributed by atoms with Crippen molar-refractivity contribution in [2.45, 2.75) is 91.6 Å². The average molecular weight is 459 g/mol. The highest BCUT2D eigenvalue weighted by Crippen LogP contribution is 2.66. The molecule has 3 saturated carbocycles. The number of hydrogen-bond acceptors (Lipinski definition) is 4. The molecule has 0 aromatic carbocycles. The van der Waals surface area contributed by atoms with Gasteiger partial charge in [0.25, 0.3) is 0 Å². The van der Waals surface area contributed by atoms with Crippen molar-refractivity contribution in [2.24, 2.45) is 34.5 Å². The first-order valence-corrected chi connectivity index (χ1v) is 12.9. The molecule has 0 aromatic heterocycles. The van der Waals surface area contributed by atoms with E-state index in [1.165, 1.54) is 5.57 Å². The fourth-order valence-corrected chi connectivity index (χ4v) is 7.78. The number of allylic oxidation sites excluding steroid dienone is 1. The van der Waals surface area contributed by atoms with Crippen molar-refractivity contribution >= 4 is 17.8 Å². The zero-order valence-corrected chi connectivity index (χ0v) is 21.1. The van der Waals surface area contributed by atoms with Crippen molar-refractivity contribution in [2.75, 3.05) is 13.1 Å². The summed E-state index contributed by atoms with van der Waals surface area (Å²) in [5.41, 5.74) is 1.09. The molecule has 0 saturated heterocycles. The van der Waals surface area contributed by atoms with E-state index in [1.807, 2.05) is 26.8 Å². The lowest BCUT2D eigenvalue weighted by atomic mass is 9.47. The number of fused-ring (bicyclic) bond motifs is 5. The summed E-state index contributed by atoms with van der Waals surface area (Å²) in [6.07, 6.45) is 9.72. The molecule has 6 unspecified atom stereocenters. The minimum Gasteiger partial charge on any atom is -0.444 e. The summed E-state index contributed by atoms with van der Waals surface area (Å²) < 4.78 is 5.25. The van der Waals surface area contributed by atoms with Crippen LogP contribution in [0, 0.1) is 34.5 Å². The molecule has 4 rings (SSSR count). The zero-order chi connectivity index (χ0) is 24.0. The Kier molecular flexibility index (Phi) is 6.43. The summed E-state index contributed by atoms with van der Waals surface area (Å²) in [4.78, 5) is 37.0. The smallest absolute Gasteiger partial charge is 0.407 e. The molecule has 0 aromatic rings. The van der Waals surface area contributed by atoms with E-state index in [9.17, 15) is 14.4 Å². The number of ketones is 1. The number of rotatable bonds is 4. The number of nitrogens with one attached hydrogen (secondary N) is 2. The highest BCUT2D eigenvalue weighted by Gasteiger charge is 2.60. The van der Waals surface area contributed by atoms with Gasteiger partial charge in [0.2, 0.25) is 5.91 Å². The first kappa shape index (κ1) is 24.3. The molecule has 0 spiro atoms. The second-order valence-corrected chi connectivity index (χ2v) is 12.4. The maximum absolute atomic E-state index is 13.2.